The van der Waals surface area contributed by atoms with Crippen LogP contribution in [0.4, 0.5) is 5.13 Å². The number of amides is 1. The van der Waals surface area contributed by atoms with Gasteiger partial charge in [-0.2, -0.15) is 0 Å². The van der Waals surface area contributed by atoms with Crippen molar-refractivity contribution in [1.82, 2.24) is 15.2 Å². The number of hydrogen-bond donors (Lipinski definition) is 1. The molecule has 10 heteroatoms. The Hall–Kier alpha value is -3.24. The molecule has 1 aliphatic rings. The van der Waals surface area contributed by atoms with Crippen molar-refractivity contribution in [3.63, 3.8) is 0 Å². The highest BCUT2D eigenvalue weighted by atomic mass is 32.1. The minimum absolute atomic E-state index is 0.159. The van der Waals surface area contributed by atoms with Crippen molar-refractivity contribution in [2.75, 3.05) is 70.6 Å². The zero-order valence-corrected chi connectivity index (χ0v) is 23.6. The zero-order valence-electron chi connectivity index (χ0n) is 22.7. The second-order valence-corrected chi connectivity index (χ2v) is 9.73. The number of carbonyl (C=O) groups is 1. The Morgan fingerprint density at radius 3 is 2.16 bits per heavy atom. The summed E-state index contributed by atoms with van der Waals surface area (Å²) in [6.45, 7) is 14.7. The Balaban J connectivity index is 1.31. The van der Waals surface area contributed by atoms with Crippen molar-refractivity contribution in [2.45, 2.75) is 27.7 Å². The maximum absolute atomic E-state index is 13.0. The fourth-order valence-electron chi connectivity index (χ4n) is 4.43. The molecule has 0 unspecified atom stereocenters. The largest absolute Gasteiger partial charge is 0.492 e. The number of hydrogen-bond acceptors (Lipinski definition) is 9. The van der Waals surface area contributed by atoms with Crippen LogP contribution in [0.25, 0.3) is 10.2 Å². The van der Waals surface area contributed by atoms with Crippen molar-refractivity contribution in [2.24, 2.45) is 0 Å². The van der Waals surface area contributed by atoms with Crippen LogP contribution in [-0.4, -0.2) is 81.5 Å². The maximum atomic E-state index is 13.0. The lowest BCUT2D eigenvalue weighted by atomic mass is 10.1. The highest BCUT2D eigenvalue weighted by Crippen LogP contribution is 2.39. The number of ether oxygens (including phenoxy) is 4. The van der Waals surface area contributed by atoms with Gasteiger partial charge in [-0.25, -0.2) is 4.98 Å². The van der Waals surface area contributed by atoms with Crippen LogP contribution in [0, 0.1) is 0 Å². The summed E-state index contributed by atoms with van der Waals surface area (Å²) >= 11 is 1.71. The smallest absolute Gasteiger partial charge is 0.251 e. The summed E-state index contributed by atoms with van der Waals surface area (Å²) in [5.41, 5.74) is 1.43. The fourth-order valence-corrected chi connectivity index (χ4v) is 5.47. The first kappa shape index (κ1) is 27.8. The van der Waals surface area contributed by atoms with E-state index in [1.807, 2.05) is 39.8 Å². The van der Waals surface area contributed by atoms with Crippen LogP contribution >= 0.6 is 11.3 Å². The average molecular weight is 543 g/mol. The summed E-state index contributed by atoms with van der Waals surface area (Å²) < 4.78 is 24.1. The van der Waals surface area contributed by atoms with Crippen LogP contribution in [0.15, 0.2) is 30.3 Å². The summed E-state index contributed by atoms with van der Waals surface area (Å²) in [4.78, 5) is 22.5. The molecule has 0 saturated carbocycles. The van der Waals surface area contributed by atoms with Gasteiger partial charge >= 0.3 is 0 Å². The number of benzene rings is 2. The molecule has 0 bridgehead atoms. The predicted octanol–water partition coefficient (Wildman–Crippen LogP) is 4.44. The van der Waals surface area contributed by atoms with Gasteiger partial charge in [0.1, 0.15) is 11.3 Å². The Morgan fingerprint density at radius 1 is 0.895 bits per heavy atom. The summed E-state index contributed by atoms with van der Waals surface area (Å²) in [7, 11) is 0. The second kappa shape index (κ2) is 13.5. The molecule has 1 amide bonds. The number of fused-ring (bicyclic) bond motifs is 1. The van der Waals surface area contributed by atoms with Crippen LogP contribution in [0.2, 0.25) is 0 Å². The van der Waals surface area contributed by atoms with Crippen LogP contribution < -0.4 is 29.2 Å². The van der Waals surface area contributed by atoms with Gasteiger partial charge < -0.3 is 29.2 Å². The van der Waals surface area contributed by atoms with Gasteiger partial charge in [-0.15, -0.1) is 0 Å². The van der Waals surface area contributed by atoms with Gasteiger partial charge in [0.25, 0.3) is 5.91 Å². The number of rotatable bonds is 13. The molecule has 206 valence electrons. The Kier molecular flexibility index (Phi) is 9.89. The van der Waals surface area contributed by atoms with E-state index in [1.165, 1.54) is 0 Å². The molecule has 3 aromatic rings. The SMILES string of the molecule is CCOc1cc(C(=O)NCCN2CCN(c3nc4c(OCC)cccc4s3)CC2)cc(OCC)c1OCC. The lowest BCUT2D eigenvalue weighted by Crippen LogP contribution is -2.48. The van der Waals surface area contributed by atoms with Gasteiger partial charge in [0.15, 0.2) is 16.6 Å². The summed E-state index contributed by atoms with van der Waals surface area (Å²) in [5.74, 6) is 2.26. The zero-order chi connectivity index (χ0) is 26.9. The molecule has 1 saturated heterocycles. The van der Waals surface area contributed by atoms with Crippen LogP contribution in [0.1, 0.15) is 38.1 Å². The summed E-state index contributed by atoms with van der Waals surface area (Å²) in [5, 5.41) is 4.08. The van der Waals surface area contributed by atoms with Crippen molar-refractivity contribution in [3.8, 4) is 23.0 Å². The third-order valence-corrected chi connectivity index (χ3v) is 7.28. The topological polar surface area (TPSA) is 85.4 Å². The van der Waals surface area contributed by atoms with Crippen LogP contribution in [-0.2, 0) is 0 Å². The molecule has 1 N–H and O–H groups in total. The molecule has 0 aliphatic carbocycles. The van der Waals surface area contributed by atoms with Gasteiger partial charge in [-0.1, -0.05) is 17.4 Å². The fraction of sp³-hybridized carbons (Fsp3) is 0.500. The van der Waals surface area contributed by atoms with Gasteiger partial charge in [0.2, 0.25) is 5.75 Å². The summed E-state index contributed by atoms with van der Waals surface area (Å²) in [6, 6.07) is 9.53. The number of anilines is 1. The number of nitrogens with one attached hydrogen (secondary N) is 1. The highest BCUT2D eigenvalue weighted by molar-refractivity contribution is 7.22. The third kappa shape index (κ3) is 6.60. The molecular formula is C28H38N4O5S. The number of carbonyl (C=O) groups excluding carboxylic acids is 1. The van der Waals surface area contributed by atoms with E-state index < -0.39 is 0 Å². The molecule has 2 aromatic carbocycles. The molecule has 0 atom stereocenters. The van der Waals surface area contributed by atoms with Gasteiger partial charge in [-0.05, 0) is 52.0 Å². The van der Waals surface area contributed by atoms with Crippen LogP contribution in [0.3, 0.4) is 0 Å². The number of piperazine rings is 1. The number of thiazole rings is 1. The molecule has 0 radical (unpaired) electrons. The quantitative estimate of drug-likeness (QED) is 0.339. The standard InChI is InChI=1S/C28H38N4O5S/c1-5-34-21-10-9-11-24-25(21)30-28(38-24)32-16-14-31(15-17-32)13-12-29-27(33)20-18-22(35-6-2)26(37-8-4)23(19-20)36-7-3/h9-11,18-19H,5-8,12-17H2,1-4H3,(H,29,33). The molecular weight excluding hydrogens is 504 g/mol. The van der Waals surface area contributed by atoms with E-state index >= 15 is 0 Å². The van der Waals surface area contributed by atoms with E-state index in [9.17, 15) is 4.79 Å². The van der Waals surface area contributed by atoms with E-state index in [2.05, 4.69) is 21.2 Å². The lowest BCUT2D eigenvalue weighted by molar-refractivity contribution is 0.0946. The van der Waals surface area contributed by atoms with Gasteiger partial charge in [-0.3, -0.25) is 9.69 Å². The first-order valence-corrected chi connectivity index (χ1v) is 14.2. The van der Waals surface area contributed by atoms with Gasteiger partial charge in [0, 0.05) is 44.8 Å². The summed E-state index contributed by atoms with van der Waals surface area (Å²) in [6.07, 6.45) is 0. The molecule has 1 aliphatic heterocycles. The van der Waals surface area contributed by atoms with Crippen molar-refractivity contribution in [3.05, 3.63) is 35.9 Å². The molecule has 1 fully saturated rings. The third-order valence-electron chi connectivity index (χ3n) is 6.20. The average Bonchev–Trinajstić information content (AvgIpc) is 3.36. The van der Waals surface area contributed by atoms with Crippen molar-refractivity contribution in [1.29, 1.82) is 0 Å². The highest BCUT2D eigenvalue weighted by Gasteiger charge is 2.22. The Bertz CT molecular complexity index is 1180. The molecule has 9 nitrogen and oxygen atoms in total. The Labute approximate surface area is 228 Å². The molecule has 4 rings (SSSR count). The minimum Gasteiger partial charge on any atom is -0.492 e. The normalized spacial score (nSPS) is 13.9. The Morgan fingerprint density at radius 2 is 1.53 bits per heavy atom. The van der Waals surface area contributed by atoms with Crippen molar-refractivity contribution < 1.29 is 23.7 Å². The molecule has 0 spiro atoms. The van der Waals surface area contributed by atoms with E-state index in [-0.39, 0.29) is 5.91 Å². The van der Waals surface area contributed by atoms with E-state index in [0.29, 0.717) is 55.8 Å². The van der Waals surface area contributed by atoms with Gasteiger partial charge in [0.05, 0.1) is 31.1 Å². The number of para-hydroxylation sites is 1. The number of aromatic nitrogens is 1. The molecule has 2 heterocycles. The maximum Gasteiger partial charge on any atom is 0.251 e. The van der Waals surface area contributed by atoms with Crippen LogP contribution in [0.5, 0.6) is 23.0 Å². The number of nitrogens with zero attached hydrogens (tertiary/aromatic N) is 3. The van der Waals surface area contributed by atoms with E-state index in [1.54, 1.807) is 23.5 Å². The second-order valence-electron chi connectivity index (χ2n) is 8.72. The van der Waals surface area contributed by atoms with Crippen molar-refractivity contribution >= 4 is 32.6 Å². The van der Waals surface area contributed by atoms with E-state index in [4.69, 9.17) is 23.9 Å². The first-order chi connectivity index (χ1) is 18.6. The molecule has 38 heavy (non-hydrogen) atoms. The lowest BCUT2D eigenvalue weighted by Gasteiger charge is -2.34. The molecule has 1 aromatic heterocycles. The van der Waals surface area contributed by atoms with E-state index in [0.717, 1.165) is 53.8 Å². The predicted molar refractivity (Wildman–Crippen MR) is 152 cm³/mol. The minimum atomic E-state index is -0.159. The monoisotopic (exact) mass is 542 g/mol. The first-order valence-electron chi connectivity index (χ1n) is 13.4.